The van der Waals surface area contributed by atoms with Crippen molar-refractivity contribution in [1.82, 2.24) is 19.9 Å². The summed E-state index contributed by atoms with van der Waals surface area (Å²) in [4.78, 5) is 52.7. The van der Waals surface area contributed by atoms with Crippen LogP contribution in [0.4, 0.5) is 23.7 Å². The lowest BCUT2D eigenvalue weighted by Crippen LogP contribution is -2.45. The van der Waals surface area contributed by atoms with E-state index in [1.54, 1.807) is 24.9 Å². The number of ether oxygens (including phenoxy) is 2. The van der Waals surface area contributed by atoms with Gasteiger partial charge in [0.05, 0.1) is 29.4 Å². The number of primary amides is 1. The van der Waals surface area contributed by atoms with E-state index in [0.29, 0.717) is 49.7 Å². The molecule has 4 amide bonds. The van der Waals surface area contributed by atoms with Gasteiger partial charge in [-0.05, 0) is 77.7 Å². The molecule has 2 heterocycles. The number of carbonyl (C=O) groups excluding carboxylic acids is 4. The lowest BCUT2D eigenvalue weighted by molar-refractivity contribution is -0.243. The van der Waals surface area contributed by atoms with Gasteiger partial charge < -0.3 is 36.3 Å². The smallest absolute Gasteiger partial charge is 0.427 e. The molecule has 62 heavy (non-hydrogen) atoms. The van der Waals surface area contributed by atoms with E-state index in [0.717, 1.165) is 56.6 Å². The van der Waals surface area contributed by atoms with E-state index in [-0.39, 0.29) is 36.1 Å². The van der Waals surface area contributed by atoms with Crippen LogP contribution in [0.1, 0.15) is 118 Å². The molecule has 1 aromatic carbocycles. The first kappa shape index (κ1) is 56.9. The van der Waals surface area contributed by atoms with Gasteiger partial charge in [0.1, 0.15) is 12.1 Å². The van der Waals surface area contributed by atoms with Crippen LogP contribution < -0.4 is 26.2 Å². The Morgan fingerprint density at radius 3 is 2.23 bits per heavy atom. The van der Waals surface area contributed by atoms with Gasteiger partial charge in [-0.2, -0.15) is 13.2 Å². The molecule has 4 rings (SSSR count). The highest BCUT2D eigenvalue weighted by Crippen LogP contribution is 2.42. The van der Waals surface area contributed by atoms with Crippen molar-refractivity contribution in [2.45, 2.75) is 142 Å². The molecule has 1 aromatic heterocycles. The van der Waals surface area contributed by atoms with Crippen molar-refractivity contribution in [3.05, 3.63) is 55.5 Å². The summed E-state index contributed by atoms with van der Waals surface area (Å²) in [6.45, 7) is 14.5. The highest BCUT2D eigenvalue weighted by Gasteiger charge is 2.51. The van der Waals surface area contributed by atoms with Gasteiger partial charge in [0.15, 0.2) is 0 Å². The SMILES string of the molecule is C.C/C=C\CC[C@@H](C)C[C@@H](CC)CC(=O)N1C[C@H](Oc2ncc(N)c3ccccc23)C[C@H]1C(N)=O.C=CO.CCC(=O)NS(=O)(=O)C1(C)CC1.CNC(=O)OC(C)(C)C(F)(F)F.[HH].[HH].[HH]. The van der Waals surface area contributed by atoms with Gasteiger partial charge in [-0.3, -0.25) is 19.1 Å². The van der Waals surface area contributed by atoms with Crippen molar-refractivity contribution in [2.75, 3.05) is 19.3 Å². The number of anilines is 1. The monoisotopic (exact) mass is 909 g/mol. The first-order valence-corrected chi connectivity index (χ1v) is 21.6. The van der Waals surface area contributed by atoms with E-state index in [4.69, 9.17) is 21.3 Å². The van der Waals surface area contributed by atoms with Crippen molar-refractivity contribution in [1.29, 1.82) is 0 Å². The number of rotatable bonds is 15. The first-order chi connectivity index (χ1) is 28.4. The van der Waals surface area contributed by atoms with Crippen LogP contribution in [-0.2, 0) is 29.1 Å². The second-order valence-electron chi connectivity index (χ2n) is 15.6. The highest BCUT2D eigenvalue weighted by atomic mass is 32.2. The van der Waals surface area contributed by atoms with E-state index in [9.17, 15) is 40.8 Å². The van der Waals surface area contributed by atoms with Crippen LogP contribution in [0.25, 0.3) is 10.8 Å². The number of likely N-dealkylation sites (tertiary alicyclic amines) is 1. The number of nitrogens with zero attached hydrogens (tertiary/aromatic N) is 2. The summed E-state index contributed by atoms with van der Waals surface area (Å²) < 4.78 is 70.4. The van der Waals surface area contributed by atoms with E-state index in [2.05, 4.69) is 42.3 Å². The van der Waals surface area contributed by atoms with Crippen molar-refractivity contribution in [2.24, 2.45) is 17.6 Å². The number of nitrogens with two attached hydrogens (primary N) is 2. The number of benzene rings is 1. The van der Waals surface area contributed by atoms with E-state index in [1.807, 2.05) is 41.2 Å². The third-order valence-corrected chi connectivity index (χ3v) is 12.4. The molecular formula is C43H75F3N6O9S. The number of sulfonamides is 1. The van der Waals surface area contributed by atoms with E-state index in [1.165, 1.54) is 7.05 Å². The summed E-state index contributed by atoms with van der Waals surface area (Å²) in [5.74, 6) is 0.321. The van der Waals surface area contributed by atoms with Gasteiger partial charge in [0.2, 0.25) is 39.2 Å². The Kier molecular flexibility index (Phi) is 23.7. The van der Waals surface area contributed by atoms with Crippen LogP contribution >= 0.6 is 0 Å². The standard InChI is InChI=1S/C27H38N4O3.C7H13NO3S.C6H10F3NO2.C2H4O.CH4.3H2/c1-4-6-7-10-18(3)13-19(5-2)14-25(32)31-17-20(15-24(31)26(29)33)34-27-22-12-9-8-11-21(22)23(28)16-30-27;1-3-6(9)8-12(10,11)7(2)4-5-7;1-5(2,6(7,8)9)12-4(11)10-3;1-2-3;;;;/h4,6,8-9,11-12,16,18-20,24H,5,7,10,13-15,17,28H2,1-3H3,(H2,29,33);3-5H2,1-2H3,(H,8,9);1-3H3,(H,10,11);2-3H,1H2;1H4;3*1H/b6-4-;;;;;;;/t18-,19-,20-,24+;;;;;;;/m1......./s1. The molecule has 1 aliphatic carbocycles. The summed E-state index contributed by atoms with van der Waals surface area (Å²) >= 11 is 0. The van der Waals surface area contributed by atoms with Crippen LogP contribution in [0.2, 0.25) is 0 Å². The van der Waals surface area contributed by atoms with Crippen molar-refractivity contribution >= 4 is 50.3 Å². The van der Waals surface area contributed by atoms with Crippen LogP contribution in [0.15, 0.2) is 55.5 Å². The van der Waals surface area contributed by atoms with E-state index < -0.39 is 50.5 Å². The van der Waals surface area contributed by atoms with Crippen LogP contribution in [0, 0.1) is 11.8 Å². The molecule has 1 aliphatic heterocycles. The zero-order valence-electron chi connectivity index (χ0n) is 36.5. The van der Waals surface area contributed by atoms with Gasteiger partial charge in [-0.1, -0.05) is 71.5 Å². The third-order valence-electron chi connectivity index (χ3n) is 10.2. The van der Waals surface area contributed by atoms with Crippen LogP contribution in [0.5, 0.6) is 5.88 Å². The summed E-state index contributed by atoms with van der Waals surface area (Å²) in [6, 6.07) is 6.97. The second kappa shape index (κ2) is 25.8. The average Bonchev–Trinajstić information content (AvgIpc) is 3.81. The minimum absolute atomic E-state index is 0. The lowest BCUT2D eigenvalue weighted by atomic mass is 9.88. The Morgan fingerprint density at radius 2 is 1.74 bits per heavy atom. The van der Waals surface area contributed by atoms with Crippen molar-refractivity contribution in [3.8, 4) is 5.88 Å². The molecule has 2 aromatic rings. The fraction of sp³-hybridized carbons (Fsp3) is 0.605. The molecule has 0 bridgehead atoms. The van der Waals surface area contributed by atoms with E-state index >= 15 is 0 Å². The number of alkyl halides is 3. The Balaban J connectivity index is -0.000000496. The number of aliphatic hydroxyl groups is 1. The number of pyridine rings is 1. The minimum atomic E-state index is -4.56. The topological polar surface area (TPSA) is 233 Å². The van der Waals surface area contributed by atoms with Gasteiger partial charge in [0.25, 0.3) is 0 Å². The summed E-state index contributed by atoms with van der Waals surface area (Å²) in [5.41, 5.74) is 9.85. The molecule has 4 atom stereocenters. The zero-order chi connectivity index (χ0) is 46.8. The Morgan fingerprint density at radius 1 is 1.16 bits per heavy atom. The average molecular weight is 909 g/mol. The molecule has 2 fully saturated rings. The van der Waals surface area contributed by atoms with Crippen molar-refractivity contribution in [3.63, 3.8) is 0 Å². The number of carbonyl (C=O) groups is 4. The number of nitrogens with one attached hydrogen (secondary N) is 2. The number of allylic oxidation sites excluding steroid dienone is 2. The quantitative estimate of drug-likeness (QED) is 0.0839. The van der Waals surface area contributed by atoms with Gasteiger partial charge >= 0.3 is 12.3 Å². The minimum Gasteiger partial charge on any atom is -0.516 e. The number of hydrogen-bond donors (Lipinski definition) is 5. The highest BCUT2D eigenvalue weighted by molar-refractivity contribution is 7.91. The molecule has 15 nitrogen and oxygen atoms in total. The molecule has 2 aliphatic rings. The molecule has 1 saturated heterocycles. The fourth-order valence-corrected chi connectivity index (χ4v) is 7.32. The first-order valence-electron chi connectivity index (χ1n) is 20.1. The normalized spacial score (nSPS) is 17.5. The number of nitrogen functional groups attached to an aromatic ring is 1. The maximum absolute atomic E-state index is 13.2. The summed E-state index contributed by atoms with van der Waals surface area (Å²) in [6.07, 6.45) is 6.95. The fourth-order valence-electron chi connectivity index (χ4n) is 5.99. The number of fused-ring (bicyclic) bond motifs is 1. The molecule has 0 spiro atoms. The molecule has 0 unspecified atom stereocenters. The second-order valence-corrected chi connectivity index (χ2v) is 17.8. The molecule has 358 valence electrons. The molecule has 7 N–H and O–H groups in total. The third kappa shape index (κ3) is 17.7. The molecule has 1 saturated carbocycles. The Hall–Kier alpha value is -5.07. The predicted octanol–water partition coefficient (Wildman–Crippen LogP) is 8.59. The molecule has 0 radical (unpaired) electrons. The number of hydrogen-bond acceptors (Lipinski definition) is 11. The van der Waals surface area contributed by atoms with Crippen LogP contribution in [-0.4, -0.2) is 89.5 Å². The zero-order valence-corrected chi connectivity index (χ0v) is 37.3. The maximum Gasteiger partial charge on any atom is 0.427 e. The summed E-state index contributed by atoms with van der Waals surface area (Å²) in [5, 5.41) is 10.9. The predicted molar refractivity (Wildman–Crippen MR) is 243 cm³/mol. The van der Waals surface area contributed by atoms with Crippen LogP contribution in [0.3, 0.4) is 0 Å². The molecule has 19 heteroatoms. The van der Waals surface area contributed by atoms with Gasteiger partial charge in [-0.25, -0.2) is 18.2 Å². The molecular weight excluding hydrogens is 834 g/mol. The Bertz CT molecular complexity index is 1920. The van der Waals surface area contributed by atoms with Crippen molar-refractivity contribution < 1.29 is 59.6 Å². The summed E-state index contributed by atoms with van der Waals surface area (Å²) in [7, 11) is -2.21. The number of alkyl carbamates (subject to hydrolysis) is 1. The lowest BCUT2D eigenvalue weighted by Gasteiger charge is -2.27. The van der Waals surface area contributed by atoms with Gasteiger partial charge in [0, 0.05) is 41.4 Å². The Labute approximate surface area is 369 Å². The number of aromatic nitrogens is 1. The number of amides is 4. The maximum atomic E-state index is 13.2. The number of halogens is 3. The number of aliphatic hydroxyl groups excluding tert-OH is 1. The van der Waals surface area contributed by atoms with Gasteiger partial charge in [-0.15, -0.1) is 0 Å². The largest absolute Gasteiger partial charge is 0.516 e.